The van der Waals surface area contributed by atoms with E-state index in [2.05, 4.69) is 36.4 Å². The third kappa shape index (κ3) is 7.91. The van der Waals surface area contributed by atoms with Gasteiger partial charge in [0.25, 0.3) is 32.1 Å². The number of hydrogen-bond donors (Lipinski definition) is 6. The molecule has 5 rings (SSSR count). The van der Waals surface area contributed by atoms with Crippen LogP contribution in [-0.2, 0) is 29.8 Å². The Hall–Kier alpha value is -6.60. The average Bonchev–Trinajstić information content (AvgIpc) is 3.06. The normalized spacial score (nSPS) is 14.2. The van der Waals surface area contributed by atoms with Crippen molar-refractivity contribution in [3.8, 4) is 11.9 Å². The van der Waals surface area contributed by atoms with Gasteiger partial charge in [-0.25, -0.2) is 0 Å². The fraction of sp³-hybridized carbons (Fsp3) is 0.0345. The van der Waals surface area contributed by atoms with Gasteiger partial charge in [-0.05, 0) is 66.0 Å². The standard InChI is InChI=1S/C29H21N9O10S2/c1-48-23-12-19(37-36-18-7-4-16-10-20(49(42,43)44)13-24(21(16)11-18)50(45,46)47)8-9-22(23)32-26(39)15-2-5-17(6-3-15)35-38-25-27(40)33-29(31-14-30)34-28(25)41/h2-13,35H,1H3,(H,32,39)(H,42,43,44)(H,45,46,47)(H2,31,33,34,40,41). The molecule has 6 N–H and O–H groups in total. The Bertz CT molecular complexity index is 2440. The molecule has 0 aliphatic carbocycles. The average molecular weight is 720 g/mol. The molecule has 4 aromatic carbocycles. The molecule has 0 unspecified atom stereocenters. The molecule has 3 amide bonds. The quantitative estimate of drug-likeness (QED) is 0.0477. The van der Waals surface area contributed by atoms with Gasteiger partial charge in [0.05, 0.1) is 34.8 Å². The van der Waals surface area contributed by atoms with Crippen molar-refractivity contribution in [3.05, 3.63) is 78.4 Å². The lowest BCUT2D eigenvalue weighted by molar-refractivity contribution is -0.117. The van der Waals surface area contributed by atoms with Crippen molar-refractivity contribution in [2.24, 2.45) is 20.3 Å². The molecule has 4 aromatic rings. The first-order chi connectivity index (χ1) is 23.7. The first kappa shape index (κ1) is 34.7. The van der Waals surface area contributed by atoms with Gasteiger partial charge < -0.3 is 10.1 Å². The van der Waals surface area contributed by atoms with Gasteiger partial charge in [-0.1, -0.05) is 6.07 Å². The van der Waals surface area contributed by atoms with E-state index in [1.54, 1.807) is 0 Å². The molecule has 19 nitrogen and oxygen atoms in total. The number of carbonyl (C=O) groups excluding carboxylic acids is 3. The van der Waals surface area contributed by atoms with E-state index < -0.39 is 53.5 Å². The van der Waals surface area contributed by atoms with E-state index in [1.165, 1.54) is 74.0 Å². The van der Waals surface area contributed by atoms with Crippen LogP contribution in [0.3, 0.4) is 0 Å². The molecular formula is C29H21N9O10S2. The van der Waals surface area contributed by atoms with Gasteiger partial charge in [-0.15, -0.1) is 0 Å². The highest BCUT2D eigenvalue weighted by Gasteiger charge is 2.27. The highest BCUT2D eigenvalue weighted by atomic mass is 32.2. The van der Waals surface area contributed by atoms with Crippen LogP contribution < -0.4 is 26.1 Å². The molecule has 0 radical (unpaired) electrons. The summed E-state index contributed by atoms with van der Waals surface area (Å²) in [6.45, 7) is 0. The van der Waals surface area contributed by atoms with Crippen LogP contribution in [0.5, 0.6) is 5.75 Å². The molecule has 0 saturated carbocycles. The predicted molar refractivity (Wildman–Crippen MR) is 176 cm³/mol. The summed E-state index contributed by atoms with van der Waals surface area (Å²) < 4.78 is 71.5. The second kappa shape index (κ2) is 13.9. The summed E-state index contributed by atoms with van der Waals surface area (Å²) in [4.78, 5) is 39.0. The van der Waals surface area contributed by atoms with E-state index in [9.17, 15) is 40.3 Å². The number of hydrogen-bond acceptors (Lipinski definition) is 14. The summed E-state index contributed by atoms with van der Waals surface area (Å²) in [5.74, 6) is -2.49. The van der Waals surface area contributed by atoms with E-state index in [0.29, 0.717) is 11.8 Å². The molecule has 254 valence electrons. The van der Waals surface area contributed by atoms with Crippen molar-refractivity contribution in [3.63, 3.8) is 0 Å². The molecule has 1 heterocycles. The lowest BCUT2D eigenvalue weighted by Gasteiger charge is -2.12. The second-order valence-electron chi connectivity index (χ2n) is 9.92. The maximum absolute atomic E-state index is 12.9. The van der Waals surface area contributed by atoms with Crippen LogP contribution in [0.15, 0.2) is 103 Å². The number of anilines is 2. The fourth-order valence-corrected chi connectivity index (χ4v) is 5.69. The van der Waals surface area contributed by atoms with Gasteiger partial charge >= 0.3 is 5.91 Å². The minimum Gasteiger partial charge on any atom is -0.494 e. The summed E-state index contributed by atoms with van der Waals surface area (Å²) in [7, 11) is -8.32. The molecule has 0 bridgehead atoms. The highest BCUT2D eigenvalue weighted by Crippen LogP contribution is 2.33. The van der Waals surface area contributed by atoms with Crippen LogP contribution in [0, 0.1) is 11.5 Å². The monoisotopic (exact) mass is 719 g/mol. The van der Waals surface area contributed by atoms with E-state index in [0.717, 1.165) is 6.07 Å². The number of nitrogens with one attached hydrogen (secondary N) is 4. The zero-order valence-corrected chi connectivity index (χ0v) is 26.8. The number of methoxy groups -OCH3 is 1. The number of carbonyl (C=O) groups is 3. The smallest absolute Gasteiger partial charge is 0.306 e. The van der Waals surface area contributed by atoms with E-state index in [4.69, 9.17) is 10.00 Å². The number of rotatable bonds is 9. The molecule has 0 spiro atoms. The Balaban J connectivity index is 1.29. The van der Waals surface area contributed by atoms with E-state index in [1.807, 2.05) is 5.32 Å². The number of aliphatic imine (C=N–C) groups is 1. The van der Waals surface area contributed by atoms with Crippen molar-refractivity contribution in [2.75, 3.05) is 17.9 Å². The first-order valence-electron chi connectivity index (χ1n) is 13.6. The molecule has 0 aromatic heterocycles. The summed E-state index contributed by atoms with van der Waals surface area (Å²) in [5, 5.41) is 27.4. The molecule has 1 aliphatic heterocycles. The van der Waals surface area contributed by atoms with Crippen molar-refractivity contribution in [1.29, 1.82) is 5.26 Å². The van der Waals surface area contributed by atoms with Crippen molar-refractivity contribution in [1.82, 2.24) is 10.6 Å². The summed E-state index contributed by atoms with van der Waals surface area (Å²) in [6, 6.07) is 15.9. The second-order valence-corrected chi connectivity index (χ2v) is 12.7. The van der Waals surface area contributed by atoms with Gasteiger partial charge in [0.15, 0.2) is 6.19 Å². The van der Waals surface area contributed by atoms with Crippen molar-refractivity contribution < 1.29 is 45.1 Å². The van der Waals surface area contributed by atoms with Crippen LogP contribution in [0.1, 0.15) is 10.4 Å². The minimum absolute atomic E-state index is 0.0744. The number of hydrazone groups is 1. The third-order valence-electron chi connectivity index (χ3n) is 6.64. The van der Waals surface area contributed by atoms with Crippen LogP contribution in [0.25, 0.3) is 10.8 Å². The van der Waals surface area contributed by atoms with Gasteiger partial charge in [0.2, 0.25) is 11.7 Å². The summed E-state index contributed by atoms with van der Waals surface area (Å²) >= 11 is 0. The zero-order chi connectivity index (χ0) is 36.2. The van der Waals surface area contributed by atoms with Gasteiger partial charge in [0, 0.05) is 17.0 Å². The number of azo groups is 1. The maximum Gasteiger partial charge on any atom is 0.306 e. The van der Waals surface area contributed by atoms with Crippen molar-refractivity contribution >= 4 is 83.2 Å². The number of amides is 3. The highest BCUT2D eigenvalue weighted by molar-refractivity contribution is 7.86. The van der Waals surface area contributed by atoms with Crippen LogP contribution in [0.4, 0.5) is 22.7 Å². The lowest BCUT2D eigenvalue weighted by atomic mass is 10.1. The Morgan fingerprint density at radius 1 is 0.920 bits per heavy atom. The van der Waals surface area contributed by atoms with Gasteiger partial charge in [0.1, 0.15) is 10.6 Å². The topological polar surface area (TPSA) is 291 Å². The SMILES string of the molecule is COc1cc(N=Nc2ccc3cc(S(=O)(=O)O)cc(S(=O)(=O)O)c3c2)ccc1NC(=O)c1ccc(N/N=C2/C(=O)N=C(NC#N)NC2=O)cc1. The molecule has 21 heteroatoms. The Morgan fingerprint density at radius 2 is 1.60 bits per heavy atom. The third-order valence-corrected chi connectivity index (χ3v) is 8.37. The Morgan fingerprint density at radius 3 is 2.22 bits per heavy atom. The molecule has 0 saturated heterocycles. The van der Waals surface area contributed by atoms with Crippen molar-refractivity contribution in [2.45, 2.75) is 9.79 Å². The van der Waals surface area contributed by atoms with Crippen LogP contribution in [-0.4, -0.2) is 62.4 Å². The van der Waals surface area contributed by atoms with Gasteiger partial charge in [-0.3, -0.25) is 39.5 Å². The van der Waals surface area contributed by atoms with E-state index in [-0.39, 0.29) is 45.1 Å². The molecule has 50 heavy (non-hydrogen) atoms. The number of fused-ring (bicyclic) bond motifs is 1. The van der Waals surface area contributed by atoms with E-state index >= 15 is 0 Å². The zero-order valence-electron chi connectivity index (χ0n) is 25.1. The molecule has 0 fully saturated rings. The molecule has 0 atom stereocenters. The maximum atomic E-state index is 12.9. The van der Waals surface area contributed by atoms with Crippen LogP contribution in [0.2, 0.25) is 0 Å². The summed E-state index contributed by atoms with van der Waals surface area (Å²) in [6.07, 6.45) is 1.53. The molecular weight excluding hydrogens is 699 g/mol. The lowest BCUT2D eigenvalue weighted by Crippen LogP contribution is -2.49. The number of nitriles is 1. The largest absolute Gasteiger partial charge is 0.494 e. The molecule has 1 aliphatic rings. The fourth-order valence-electron chi connectivity index (χ4n) is 4.34. The predicted octanol–water partition coefficient (Wildman–Crippen LogP) is 2.86. The minimum atomic E-state index is -4.90. The first-order valence-corrected chi connectivity index (χ1v) is 16.5. The van der Waals surface area contributed by atoms with Crippen LogP contribution >= 0.6 is 0 Å². The number of nitrogens with zero attached hydrogens (tertiary/aromatic N) is 5. The summed E-state index contributed by atoms with van der Waals surface area (Å²) in [5.41, 5.74) is 3.20. The number of ether oxygens (including phenoxy) is 1. The number of guanidine groups is 1. The Kier molecular flexibility index (Phi) is 9.63. The Labute approximate surface area is 281 Å². The number of benzene rings is 4. The van der Waals surface area contributed by atoms with Gasteiger partial charge in [-0.2, -0.15) is 42.4 Å².